The summed E-state index contributed by atoms with van der Waals surface area (Å²) in [5.74, 6) is 0.423. The third kappa shape index (κ3) is 13.3. The highest BCUT2D eigenvalue weighted by molar-refractivity contribution is 5.95. The molecule has 0 bridgehead atoms. The SMILES string of the molecule is C=C/C=C(\CC)c1ccccc1.CC.CC.CC.Cc1ccc(-c2cccc3c2Cc2c-3ccc3c2-c2ccccc2C3(c2ccccc2)C(C)C)cc1.Cc1ccc(-c2ccccc2)cc1.Cc1ccccc1. The minimum Gasteiger partial charge on any atom is -0.0991 e. The average Bonchev–Trinajstić information content (AvgIpc) is 4.00. The van der Waals surface area contributed by atoms with Crippen LogP contribution in [-0.4, -0.2) is 0 Å². The molecule has 0 aromatic heterocycles. The zero-order chi connectivity index (χ0) is 53.5. The molecule has 0 radical (unpaired) electrons. The molecule has 0 N–H and O–H groups in total. The van der Waals surface area contributed by atoms with Gasteiger partial charge in [-0.05, 0) is 123 Å². The van der Waals surface area contributed by atoms with Crippen molar-refractivity contribution < 1.29 is 0 Å². The van der Waals surface area contributed by atoms with Crippen molar-refractivity contribution in [2.45, 2.75) is 101 Å². The Balaban J connectivity index is 0.000000218. The van der Waals surface area contributed by atoms with Crippen molar-refractivity contribution in [1.82, 2.24) is 0 Å². The normalized spacial score (nSPS) is 12.9. The molecule has 0 spiro atoms. The number of hydrogen-bond acceptors (Lipinski definition) is 0. The molecule has 1 atom stereocenters. The van der Waals surface area contributed by atoms with Crippen molar-refractivity contribution in [3.8, 4) is 44.5 Å². The van der Waals surface area contributed by atoms with E-state index in [4.69, 9.17) is 0 Å². The average molecular weight is 971 g/mol. The summed E-state index contributed by atoms with van der Waals surface area (Å²) in [6, 6.07) is 80.7. The van der Waals surface area contributed by atoms with E-state index in [1.165, 1.54) is 100 Å². The van der Waals surface area contributed by atoms with Crippen molar-refractivity contribution in [3.63, 3.8) is 0 Å². The monoisotopic (exact) mass is 971 g/mol. The van der Waals surface area contributed by atoms with Gasteiger partial charge in [0.2, 0.25) is 0 Å². The molecule has 0 aliphatic heterocycles. The Morgan fingerprint density at radius 2 is 0.878 bits per heavy atom. The second-order valence-corrected chi connectivity index (χ2v) is 18.3. The van der Waals surface area contributed by atoms with Gasteiger partial charge in [0.15, 0.2) is 0 Å². The largest absolute Gasteiger partial charge is 0.0991 e. The molecule has 9 aromatic rings. The van der Waals surface area contributed by atoms with Crippen LogP contribution < -0.4 is 0 Å². The second-order valence-electron chi connectivity index (χ2n) is 18.3. The van der Waals surface area contributed by atoms with Gasteiger partial charge in [0.1, 0.15) is 0 Å². The lowest BCUT2D eigenvalue weighted by atomic mass is 9.65. The van der Waals surface area contributed by atoms with Gasteiger partial charge < -0.3 is 0 Å². The Morgan fingerprint density at radius 3 is 1.41 bits per heavy atom. The predicted molar refractivity (Wildman–Crippen MR) is 328 cm³/mol. The van der Waals surface area contributed by atoms with E-state index in [1.807, 2.05) is 78.0 Å². The molecule has 378 valence electrons. The van der Waals surface area contributed by atoms with E-state index < -0.39 is 0 Å². The lowest BCUT2D eigenvalue weighted by Crippen LogP contribution is -2.33. The second kappa shape index (κ2) is 29.2. The molecule has 9 aromatic carbocycles. The number of rotatable bonds is 7. The summed E-state index contributed by atoms with van der Waals surface area (Å²) in [7, 11) is 0. The molecule has 2 aliphatic carbocycles. The Hall–Kier alpha value is -7.54. The molecule has 0 nitrogen and oxygen atoms in total. The maximum atomic E-state index is 3.70. The molecular formula is C74H82. The zero-order valence-electron chi connectivity index (χ0n) is 46.7. The first-order valence-corrected chi connectivity index (χ1v) is 27.3. The van der Waals surface area contributed by atoms with Crippen LogP contribution in [0.2, 0.25) is 0 Å². The van der Waals surface area contributed by atoms with E-state index in [9.17, 15) is 0 Å². The van der Waals surface area contributed by atoms with Gasteiger partial charge in [-0.25, -0.2) is 0 Å². The predicted octanol–water partition coefficient (Wildman–Crippen LogP) is 21.6. The number of allylic oxidation sites excluding steroid dienone is 3. The number of aryl methyl sites for hydroxylation is 3. The first-order valence-electron chi connectivity index (χ1n) is 27.3. The van der Waals surface area contributed by atoms with Crippen LogP contribution in [0.15, 0.2) is 243 Å². The fourth-order valence-corrected chi connectivity index (χ4v) is 10.2. The van der Waals surface area contributed by atoms with Crippen LogP contribution in [0.25, 0.3) is 50.1 Å². The van der Waals surface area contributed by atoms with E-state index in [1.54, 1.807) is 0 Å². The maximum absolute atomic E-state index is 3.70. The molecule has 0 fully saturated rings. The van der Waals surface area contributed by atoms with E-state index in [0.717, 1.165) is 12.8 Å². The summed E-state index contributed by atoms with van der Waals surface area (Å²) in [5.41, 5.74) is 24.6. The molecule has 11 rings (SSSR count). The van der Waals surface area contributed by atoms with Gasteiger partial charge in [0.25, 0.3) is 0 Å². The van der Waals surface area contributed by atoms with Crippen molar-refractivity contribution in [3.05, 3.63) is 293 Å². The quantitative estimate of drug-likeness (QED) is 0.140. The Labute approximate surface area is 448 Å². The summed E-state index contributed by atoms with van der Waals surface area (Å²) in [4.78, 5) is 0. The molecule has 74 heavy (non-hydrogen) atoms. The highest BCUT2D eigenvalue weighted by atomic mass is 14.5. The lowest BCUT2D eigenvalue weighted by Gasteiger charge is -2.37. The minimum absolute atomic E-state index is 0.142. The van der Waals surface area contributed by atoms with E-state index >= 15 is 0 Å². The molecule has 2 aliphatic rings. The summed E-state index contributed by atoms with van der Waals surface area (Å²) in [6.45, 7) is 29.0. The molecule has 0 amide bonds. The number of benzene rings is 9. The van der Waals surface area contributed by atoms with Crippen LogP contribution >= 0.6 is 0 Å². The third-order valence-electron chi connectivity index (χ3n) is 13.6. The van der Waals surface area contributed by atoms with Crippen molar-refractivity contribution >= 4 is 5.57 Å². The van der Waals surface area contributed by atoms with Crippen molar-refractivity contribution in [2.75, 3.05) is 0 Å². The number of hydrogen-bond donors (Lipinski definition) is 0. The van der Waals surface area contributed by atoms with E-state index in [-0.39, 0.29) is 5.41 Å². The molecule has 0 heterocycles. The molecule has 1 unspecified atom stereocenters. The van der Waals surface area contributed by atoms with Gasteiger partial charge in [0.05, 0.1) is 0 Å². The molecule has 0 heteroatoms. The summed E-state index contributed by atoms with van der Waals surface area (Å²) in [6.07, 6.45) is 5.94. The summed E-state index contributed by atoms with van der Waals surface area (Å²) >= 11 is 0. The van der Waals surface area contributed by atoms with Gasteiger partial charge >= 0.3 is 0 Å². The van der Waals surface area contributed by atoms with Gasteiger partial charge in [-0.3, -0.25) is 0 Å². The fourth-order valence-electron chi connectivity index (χ4n) is 10.2. The van der Waals surface area contributed by atoms with Gasteiger partial charge in [-0.1, -0.05) is 322 Å². The van der Waals surface area contributed by atoms with Gasteiger partial charge in [-0.2, -0.15) is 0 Å². The van der Waals surface area contributed by atoms with Gasteiger partial charge in [0, 0.05) is 5.41 Å². The van der Waals surface area contributed by atoms with Crippen LogP contribution in [0.4, 0.5) is 0 Å². The van der Waals surface area contributed by atoms with Gasteiger partial charge in [-0.15, -0.1) is 0 Å². The van der Waals surface area contributed by atoms with Crippen molar-refractivity contribution in [1.29, 1.82) is 0 Å². The minimum atomic E-state index is -0.142. The van der Waals surface area contributed by atoms with Crippen LogP contribution in [0.1, 0.15) is 119 Å². The lowest BCUT2D eigenvalue weighted by molar-refractivity contribution is 0.447. The van der Waals surface area contributed by atoms with Crippen LogP contribution in [0.5, 0.6) is 0 Å². The summed E-state index contributed by atoms with van der Waals surface area (Å²) in [5, 5.41) is 0. The van der Waals surface area contributed by atoms with Crippen LogP contribution in [0.3, 0.4) is 0 Å². The molecule has 0 saturated heterocycles. The summed E-state index contributed by atoms with van der Waals surface area (Å²) < 4.78 is 0. The topological polar surface area (TPSA) is 0 Å². The third-order valence-corrected chi connectivity index (χ3v) is 13.6. The highest BCUT2D eigenvalue weighted by Crippen LogP contribution is 2.59. The molecular weight excluding hydrogens is 889 g/mol. The Kier molecular flexibility index (Phi) is 22.7. The fraction of sp³-hybridized carbons (Fsp3) is 0.216. The van der Waals surface area contributed by atoms with E-state index in [2.05, 4.69) is 248 Å². The highest BCUT2D eigenvalue weighted by Gasteiger charge is 2.48. The Bertz CT molecular complexity index is 3080. The maximum Gasteiger partial charge on any atom is 0.0486 e. The first kappa shape index (κ1) is 57.4. The van der Waals surface area contributed by atoms with Crippen LogP contribution in [0, 0.1) is 26.7 Å². The Morgan fingerprint density at radius 1 is 0.432 bits per heavy atom. The van der Waals surface area contributed by atoms with Crippen LogP contribution in [-0.2, 0) is 11.8 Å². The smallest absolute Gasteiger partial charge is 0.0486 e. The first-order chi connectivity index (χ1) is 36.2. The molecule has 0 saturated carbocycles. The standard InChI is InChI=1S/C36H30.C13H12.C12H14.C7H8.3C2H6/c1-23(2)36(26-10-5-4-6-11-26)33-15-8-7-12-30(33)35-32-22-31-27(25-18-16-24(3)17-19-25)13-9-14-28(31)29(32)20-21-34(35)36;1-11-7-9-13(10-8-11)12-5-3-2-4-6-12;1-3-8-11(4-2)12-9-6-5-7-10-12;1-7-5-3-2-4-6-7;3*1-2/h4-21,23H,22H2,1-3H3;2-10H,1H3;3,5-10H,1,4H2,2H3;2-6H,1H3;3*1-2H3/b;;11-8+;;;;. The van der Waals surface area contributed by atoms with E-state index in [0.29, 0.717) is 5.92 Å². The zero-order valence-corrected chi connectivity index (χ0v) is 46.7. The number of fused-ring (bicyclic) bond motifs is 7. The van der Waals surface area contributed by atoms with Crippen molar-refractivity contribution in [2.24, 2.45) is 5.92 Å².